The predicted octanol–water partition coefficient (Wildman–Crippen LogP) is 2.16. The first-order valence-electron chi connectivity index (χ1n) is 6.13. The van der Waals surface area contributed by atoms with Crippen molar-refractivity contribution in [1.82, 2.24) is 4.98 Å². The molecule has 1 aromatic heterocycles. The Kier molecular flexibility index (Phi) is 3.67. The van der Waals surface area contributed by atoms with Crippen molar-refractivity contribution in [2.24, 2.45) is 5.73 Å². The average molecular weight is 246 g/mol. The molecule has 0 radical (unpaired) electrons. The largest absolute Gasteiger partial charge is 0.465 e. The standard InChI is InChI=1S/C14H18N2O2/c1-3-18-14(17)13(15)9(2)11-8-16-12-7-5-4-6-10(11)12/h4-9,13,16H,3,15H2,1-2H3/t9-,13+/m1/s1. The number of ether oxygens (including phenoxy) is 1. The van der Waals surface area contributed by atoms with Crippen LogP contribution in [0.25, 0.3) is 10.9 Å². The van der Waals surface area contributed by atoms with Gasteiger partial charge in [0.2, 0.25) is 0 Å². The number of H-pyrrole nitrogens is 1. The molecule has 0 unspecified atom stereocenters. The Labute approximate surface area is 106 Å². The number of para-hydroxylation sites is 1. The first kappa shape index (κ1) is 12.6. The molecule has 3 N–H and O–H groups in total. The number of benzene rings is 1. The van der Waals surface area contributed by atoms with E-state index in [2.05, 4.69) is 4.98 Å². The molecule has 0 aliphatic heterocycles. The fourth-order valence-electron chi connectivity index (χ4n) is 2.11. The van der Waals surface area contributed by atoms with Crippen molar-refractivity contribution in [3.05, 3.63) is 36.0 Å². The first-order valence-corrected chi connectivity index (χ1v) is 6.13. The van der Waals surface area contributed by atoms with Gasteiger partial charge in [-0.3, -0.25) is 4.79 Å². The van der Waals surface area contributed by atoms with Gasteiger partial charge < -0.3 is 15.5 Å². The molecule has 0 aliphatic carbocycles. The van der Waals surface area contributed by atoms with Crippen LogP contribution in [-0.2, 0) is 9.53 Å². The number of aromatic amines is 1. The lowest BCUT2D eigenvalue weighted by Crippen LogP contribution is -2.37. The average Bonchev–Trinajstić information content (AvgIpc) is 2.81. The van der Waals surface area contributed by atoms with Crippen LogP contribution in [0, 0.1) is 0 Å². The molecular formula is C14H18N2O2. The second-order valence-corrected chi connectivity index (χ2v) is 4.36. The van der Waals surface area contributed by atoms with Crippen molar-refractivity contribution in [1.29, 1.82) is 0 Å². The molecule has 2 aromatic rings. The zero-order chi connectivity index (χ0) is 13.1. The quantitative estimate of drug-likeness (QED) is 0.812. The lowest BCUT2D eigenvalue weighted by Gasteiger charge is -2.17. The van der Waals surface area contributed by atoms with E-state index in [0.29, 0.717) is 6.61 Å². The van der Waals surface area contributed by atoms with Crippen LogP contribution >= 0.6 is 0 Å². The van der Waals surface area contributed by atoms with Gasteiger partial charge in [-0.05, 0) is 18.6 Å². The number of carbonyl (C=O) groups excluding carboxylic acids is 1. The molecule has 0 amide bonds. The zero-order valence-corrected chi connectivity index (χ0v) is 10.6. The second-order valence-electron chi connectivity index (χ2n) is 4.36. The van der Waals surface area contributed by atoms with Gasteiger partial charge >= 0.3 is 5.97 Å². The zero-order valence-electron chi connectivity index (χ0n) is 10.6. The lowest BCUT2D eigenvalue weighted by molar-refractivity contribution is -0.145. The maximum atomic E-state index is 11.7. The first-order chi connectivity index (χ1) is 8.65. The summed E-state index contributed by atoms with van der Waals surface area (Å²) < 4.78 is 4.96. The lowest BCUT2D eigenvalue weighted by atomic mass is 9.93. The Hall–Kier alpha value is -1.81. The summed E-state index contributed by atoms with van der Waals surface area (Å²) in [7, 11) is 0. The number of nitrogens with two attached hydrogens (primary N) is 1. The molecule has 1 aromatic carbocycles. The Morgan fingerprint density at radius 3 is 2.89 bits per heavy atom. The van der Waals surface area contributed by atoms with Crippen LogP contribution in [0.5, 0.6) is 0 Å². The van der Waals surface area contributed by atoms with E-state index in [1.807, 2.05) is 37.4 Å². The van der Waals surface area contributed by atoms with Gasteiger partial charge in [-0.15, -0.1) is 0 Å². The monoisotopic (exact) mass is 246 g/mol. The van der Waals surface area contributed by atoms with E-state index >= 15 is 0 Å². The van der Waals surface area contributed by atoms with Crippen LogP contribution < -0.4 is 5.73 Å². The SMILES string of the molecule is CCOC(=O)[C@@H](N)[C@H](C)c1c[nH]c2ccccc12. The predicted molar refractivity (Wildman–Crippen MR) is 71.3 cm³/mol. The van der Waals surface area contributed by atoms with Gasteiger partial charge in [-0.2, -0.15) is 0 Å². The third-order valence-electron chi connectivity index (χ3n) is 3.21. The van der Waals surface area contributed by atoms with E-state index in [1.54, 1.807) is 6.92 Å². The highest BCUT2D eigenvalue weighted by Gasteiger charge is 2.25. The Morgan fingerprint density at radius 1 is 1.44 bits per heavy atom. The van der Waals surface area contributed by atoms with Gasteiger partial charge in [-0.1, -0.05) is 25.1 Å². The van der Waals surface area contributed by atoms with Crippen LogP contribution in [0.3, 0.4) is 0 Å². The van der Waals surface area contributed by atoms with Crippen molar-refractivity contribution in [3.8, 4) is 0 Å². The number of carbonyl (C=O) groups is 1. The van der Waals surface area contributed by atoms with E-state index in [0.717, 1.165) is 16.5 Å². The minimum atomic E-state index is -0.635. The molecule has 0 aliphatic rings. The number of fused-ring (bicyclic) bond motifs is 1. The summed E-state index contributed by atoms with van der Waals surface area (Å²) in [6.45, 7) is 4.07. The maximum Gasteiger partial charge on any atom is 0.323 e. The molecule has 2 atom stereocenters. The van der Waals surface area contributed by atoms with E-state index in [9.17, 15) is 4.79 Å². The van der Waals surface area contributed by atoms with Crippen LogP contribution in [0.2, 0.25) is 0 Å². The number of hydrogen-bond donors (Lipinski definition) is 2. The van der Waals surface area contributed by atoms with Crippen molar-refractivity contribution in [3.63, 3.8) is 0 Å². The van der Waals surface area contributed by atoms with Gasteiger partial charge in [0.15, 0.2) is 0 Å². The van der Waals surface area contributed by atoms with E-state index in [4.69, 9.17) is 10.5 Å². The molecule has 0 bridgehead atoms. The summed E-state index contributed by atoms with van der Waals surface area (Å²) in [5.41, 5.74) is 8.04. The van der Waals surface area contributed by atoms with E-state index in [-0.39, 0.29) is 11.9 Å². The normalized spacial score (nSPS) is 14.4. The molecule has 96 valence electrons. The van der Waals surface area contributed by atoms with Crippen LogP contribution in [0.15, 0.2) is 30.5 Å². The molecule has 0 fully saturated rings. The molecule has 4 heteroatoms. The summed E-state index contributed by atoms with van der Waals surface area (Å²) in [4.78, 5) is 14.8. The molecular weight excluding hydrogens is 228 g/mol. The number of aromatic nitrogens is 1. The number of rotatable bonds is 4. The van der Waals surface area contributed by atoms with Gasteiger partial charge in [-0.25, -0.2) is 0 Å². The molecule has 2 rings (SSSR count). The Bertz CT molecular complexity index is 547. The molecule has 0 saturated heterocycles. The fourth-order valence-corrected chi connectivity index (χ4v) is 2.11. The molecule has 18 heavy (non-hydrogen) atoms. The van der Waals surface area contributed by atoms with Crippen molar-refractivity contribution < 1.29 is 9.53 Å². The Morgan fingerprint density at radius 2 is 2.17 bits per heavy atom. The summed E-state index contributed by atoms with van der Waals surface area (Å²) in [6, 6.07) is 7.34. The van der Waals surface area contributed by atoms with Crippen LogP contribution in [0.1, 0.15) is 25.3 Å². The minimum absolute atomic E-state index is 0.0831. The molecule has 0 saturated carbocycles. The van der Waals surface area contributed by atoms with Crippen molar-refractivity contribution in [2.75, 3.05) is 6.61 Å². The fraction of sp³-hybridized carbons (Fsp3) is 0.357. The third-order valence-corrected chi connectivity index (χ3v) is 3.21. The second kappa shape index (κ2) is 5.23. The summed E-state index contributed by atoms with van der Waals surface area (Å²) in [5.74, 6) is -0.435. The van der Waals surface area contributed by atoms with Crippen LogP contribution in [0.4, 0.5) is 0 Å². The van der Waals surface area contributed by atoms with Gasteiger partial charge in [0.1, 0.15) is 6.04 Å². The molecule has 0 spiro atoms. The summed E-state index contributed by atoms with van der Waals surface area (Å²) in [6.07, 6.45) is 1.91. The van der Waals surface area contributed by atoms with Gasteiger partial charge in [0, 0.05) is 23.0 Å². The van der Waals surface area contributed by atoms with Crippen molar-refractivity contribution in [2.45, 2.75) is 25.8 Å². The highest BCUT2D eigenvalue weighted by Crippen LogP contribution is 2.27. The van der Waals surface area contributed by atoms with E-state index < -0.39 is 6.04 Å². The smallest absolute Gasteiger partial charge is 0.323 e. The number of hydrogen-bond acceptors (Lipinski definition) is 3. The van der Waals surface area contributed by atoms with Crippen LogP contribution in [-0.4, -0.2) is 23.6 Å². The third kappa shape index (κ3) is 2.24. The molecule has 1 heterocycles. The van der Waals surface area contributed by atoms with Crippen molar-refractivity contribution >= 4 is 16.9 Å². The highest BCUT2D eigenvalue weighted by atomic mass is 16.5. The van der Waals surface area contributed by atoms with Gasteiger partial charge in [0.25, 0.3) is 0 Å². The van der Waals surface area contributed by atoms with E-state index in [1.165, 1.54) is 0 Å². The topological polar surface area (TPSA) is 68.1 Å². The minimum Gasteiger partial charge on any atom is -0.465 e. The van der Waals surface area contributed by atoms with Gasteiger partial charge in [0.05, 0.1) is 6.61 Å². The maximum absolute atomic E-state index is 11.7. The summed E-state index contributed by atoms with van der Waals surface area (Å²) in [5, 5.41) is 1.10. The highest BCUT2D eigenvalue weighted by molar-refractivity contribution is 5.85. The number of nitrogens with one attached hydrogen (secondary N) is 1. The Balaban J connectivity index is 2.28. The molecule has 4 nitrogen and oxygen atoms in total. The number of esters is 1. The summed E-state index contributed by atoms with van der Waals surface area (Å²) >= 11 is 0.